The lowest BCUT2D eigenvalue weighted by molar-refractivity contribution is 0.101. The highest BCUT2D eigenvalue weighted by molar-refractivity contribution is 7.92. The third kappa shape index (κ3) is 2.48. The van der Waals surface area contributed by atoms with E-state index >= 15 is 0 Å². The number of sulfonamides is 1. The lowest BCUT2D eigenvalue weighted by Gasteiger charge is -2.01. The van der Waals surface area contributed by atoms with E-state index in [4.69, 9.17) is 0 Å². The molecule has 0 aromatic heterocycles. The quantitative estimate of drug-likeness (QED) is 0.857. The van der Waals surface area contributed by atoms with Crippen molar-refractivity contribution >= 4 is 21.6 Å². The maximum absolute atomic E-state index is 11.7. The second kappa shape index (κ2) is 4.38. The first kappa shape index (κ1) is 12.5. The van der Waals surface area contributed by atoms with Crippen molar-refractivity contribution in [2.75, 3.05) is 11.0 Å². The van der Waals surface area contributed by atoms with E-state index in [1.165, 1.54) is 6.92 Å². The Kier molecular flexibility index (Phi) is 3.04. The number of hydrogen-bond acceptors (Lipinski definition) is 4. The van der Waals surface area contributed by atoms with E-state index in [-0.39, 0.29) is 11.6 Å². The van der Waals surface area contributed by atoms with Gasteiger partial charge in [0.05, 0.1) is 17.5 Å². The zero-order valence-corrected chi connectivity index (χ0v) is 10.8. The number of carbonyl (C=O) groups is 1. The summed E-state index contributed by atoms with van der Waals surface area (Å²) in [7, 11) is -3.46. The molecule has 0 saturated carbocycles. The number of rotatable bonds is 3. The molecule has 18 heavy (non-hydrogen) atoms. The first-order valence-corrected chi connectivity index (χ1v) is 7.15. The normalized spacial score (nSPS) is 11.4. The molecule has 1 aliphatic heterocycles. The molecule has 0 aromatic carbocycles. The summed E-state index contributed by atoms with van der Waals surface area (Å²) >= 11 is 0. The van der Waals surface area contributed by atoms with Crippen molar-refractivity contribution in [1.29, 1.82) is 0 Å². The molecule has 6 heteroatoms. The number of aromatic nitrogens is 1. The summed E-state index contributed by atoms with van der Waals surface area (Å²) in [6, 6.07) is 8.85. The lowest BCUT2D eigenvalue weighted by atomic mass is 10.1. The van der Waals surface area contributed by atoms with Gasteiger partial charge in [-0.2, -0.15) is 0 Å². The Labute approximate surface area is 105 Å². The third-order valence-electron chi connectivity index (χ3n) is 2.39. The van der Waals surface area contributed by atoms with Gasteiger partial charge in [0, 0.05) is 5.56 Å². The van der Waals surface area contributed by atoms with Gasteiger partial charge >= 0.3 is 0 Å². The Morgan fingerprint density at radius 3 is 2.50 bits per heavy atom. The van der Waals surface area contributed by atoms with Crippen LogP contribution < -0.4 is 4.72 Å². The van der Waals surface area contributed by atoms with Gasteiger partial charge in [-0.3, -0.25) is 9.52 Å². The first-order valence-electron chi connectivity index (χ1n) is 5.26. The number of anilines is 1. The van der Waals surface area contributed by atoms with E-state index in [1.54, 1.807) is 24.3 Å². The predicted octanol–water partition coefficient (Wildman–Crippen LogP) is 1.76. The van der Waals surface area contributed by atoms with Crippen molar-refractivity contribution in [3.63, 3.8) is 0 Å². The van der Waals surface area contributed by atoms with Crippen molar-refractivity contribution in [2.45, 2.75) is 6.92 Å². The molecule has 0 unspecified atom stereocenters. The molecular formula is C12H12N2O3S. The van der Waals surface area contributed by atoms with Crippen LogP contribution in [0.2, 0.25) is 0 Å². The number of nitrogens with zero attached hydrogens (tertiary/aromatic N) is 1. The van der Waals surface area contributed by atoms with Crippen LogP contribution in [-0.4, -0.2) is 25.4 Å². The minimum atomic E-state index is -3.46. The average molecular weight is 264 g/mol. The van der Waals surface area contributed by atoms with E-state index in [0.29, 0.717) is 16.8 Å². The van der Waals surface area contributed by atoms with Crippen molar-refractivity contribution in [3.8, 4) is 11.3 Å². The third-order valence-corrected chi connectivity index (χ3v) is 2.95. The minimum Gasteiger partial charge on any atom is -0.294 e. The van der Waals surface area contributed by atoms with Crippen molar-refractivity contribution < 1.29 is 13.2 Å². The standard InChI is InChI=1S/C12H12N2O3S/c1-8(15)11-9-6-4-3-5-7-10(9)13-12(11)14-18(2,16)17/h3-7H,1-2H3,(H,13,14). The molecule has 0 saturated heterocycles. The molecule has 1 N–H and O–H groups in total. The molecule has 94 valence electrons. The Morgan fingerprint density at radius 1 is 1.22 bits per heavy atom. The van der Waals surface area contributed by atoms with Gasteiger partial charge in [-0.1, -0.05) is 24.3 Å². The minimum absolute atomic E-state index is 0.0891. The molecule has 0 amide bonds. The lowest BCUT2D eigenvalue weighted by Crippen LogP contribution is -2.12. The highest BCUT2D eigenvalue weighted by Crippen LogP contribution is 2.31. The fourth-order valence-corrected chi connectivity index (χ4v) is 2.26. The van der Waals surface area contributed by atoms with Gasteiger partial charge < -0.3 is 0 Å². The van der Waals surface area contributed by atoms with E-state index in [1.807, 2.05) is 6.07 Å². The highest BCUT2D eigenvalue weighted by atomic mass is 32.2. The Hall–Kier alpha value is -1.95. The van der Waals surface area contributed by atoms with Gasteiger partial charge in [-0.15, -0.1) is 0 Å². The Morgan fingerprint density at radius 2 is 1.89 bits per heavy atom. The largest absolute Gasteiger partial charge is 0.294 e. The molecule has 0 spiro atoms. The van der Waals surface area contributed by atoms with Crippen LogP contribution in [0.5, 0.6) is 0 Å². The van der Waals surface area contributed by atoms with Gasteiger partial charge in [0.2, 0.25) is 10.0 Å². The van der Waals surface area contributed by atoms with E-state index in [0.717, 1.165) is 6.26 Å². The maximum Gasteiger partial charge on any atom is 0.230 e. The fourth-order valence-electron chi connectivity index (χ4n) is 1.76. The molecule has 1 aliphatic carbocycles. The van der Waals surface area contributed by atoms with Gasteiger partial charge in [-0.05, 0) is 13.0 Å². The number of Topliss-reactive ketones (excluding diaryl/α,β-unsaturated/α-hetero) is 1. The van der Waals surface area contributed by atoms with E-state index < -0.39 is 10.0 Å². The van der Waals surface area contributed by atoms with Crippen LogP contribution in [-0.2, 0) is 10.0 Å². The maximum atomic E-state index is 11.7. The van der Waals surface area contributed by atoms with E-state index in [9.17, 15) is 13.2 Å². The predicted molar refractivity (Wildman–Crippen MR) is 69.3 cm³/mol. The average Bonchev–Trinajstić information content (AvgIpc) is 2.40. The van der Waals surface area contributed by atoms with Gasteiger partial charge in [0.15, 0.2) is 11.6 Å². The highest BCUT2D eigenvalue weighted by Gasteiger charge is 2.21. The molecule has 2 aliphatic rings. The molecular weight excluding hydrogens is 252 g/mol. The number of fused-ring (bicyclic) bond motifs is 1. The topological polar surface area (TPSA) is 76.1 Å². The molecule has 0 bridgehead atoms. The van der Waals surface area contributed by atoms with E-state index in [2.05, 4.69) is 9.71 Å². The first-order chi connectivity index (χ1) is 8.38. The van der Waals surface area contributed by atoms with Crippen molar-refractivity contribution in [1.82, 2.24) is 4.98 Å². The summed E-state index contributed by atoms with van der Waals surface area (Å²) < 4.78 is 24.8. The van der Waals surface area contributed by atoms with Crippen LogP contribution in [0.25, 0.3) is 11.3 Å². The van der Waals surface area contributed by atoms with Gasteiger partial charge in [0.25, 0.3) is 0 Å². The summed E-state index contributed by atoms with van der Waals surface area (Å²) in [4.78, 5) is 15.8. The summed E-state index contributed by atoms with van der Waals surface area (Å²) in [6.45, 7) is 1.39. The van der Waals surface area contributed by atoms with Crippen molar-refractivity contribution in [2.24, 2.45) is 0 Å². The summed E-state index contributed by atoms with van der Waals surface area (Å²) in [5.41, 5.74) is 1.52. The van der Waals surface area contributed by atoms with Crippen LogP contribution in [0.4, 0.5) is 5.82 Å². The fraction of sp³-hybridized carbons (Fsp3) is 0.167. The zero-order valence-electron chi connectivity index (χ0n) is 9.97. The monoisotopic (exact) mass is 264 g/mol. The molecule has 2 rings (SSSR count). The molecule has 5 nitrogen and oxygen atoms in total. The zero-order chi connectivity index (χ0) is 13.3. The van der Waals surface area contributed by atoms with Gasteiger partial charge in [0.1, 0.15) is 0 Å². The van der Waals surface area contributed by atoms with Crippen molar-refractivity contribution in [3.05, 3.63) is 35.9 Å². The number of ketones is 1. The van der Waals surface area contributed by atoms with Crippen LogP contribution >= 0.6 is 0 Å². The summed E-state index contributed by atoms with van der Waals surface area (Å²) in [5, 5.41) is 0. The summed E-state index contributed by atoms with van der Waals surface area (Å²) in [5.74, 6) is -0.138. The number of carbonyl (C=O) groups excluding carboxylic acids is 1. The second-order valence-electron chi connectivity index (χ2n) is 3.98. The Bertz CT molecular complexity index is 680. The Balaban J connectivity index is 2.70. The van der Waals surface area contributed by atoms with Crippen LogP contribution in [0, 0.1) is 0 Å². The molecule has 0 atom stereocenters. The number of nitrogens with one attached hydrogen (secondary N) is 1. The van der Waals surface area contributed by atoms with Crippen LogP contribution in [0.15, 0.2) is 30.3 Å². The van der Waals surface area contributed by atoms with Crippen LogP contribution in [0.1, 0.15) is 17.3 Å². The van der Waals surface area contributed by atoms with Crippen LogP contribution in [0.3, 0.4) is 0 Å². The molecule has 0 aromatic rings. The molecule has 1 heterocycles. The van der Waals surface area contributed by atoms with Gasteiger partial charge in [-0.25, -0.2) is 13.4 Å². The molecule has 0 fully saturated rings. The number of hydrogen-bond donors (Lipinski definition) is 1. The SMILES string of the molecule is CC(=O)c1c2cccccc-2nc1NS(C)(=O)=O. The smallest absolute Gasteiger partial charge is 0.230 e. The summed E-state index contributed by atoms with van der Waals surface area (Å²) in [6.07, 6.45) is 1.02. The second-order valence-corrected chi connectivity index (χ2v) is 5.72. The molecule has 0 radical (unpaired) electrons.